The maximum Gasteiger partial charge on any atom is 0.127 e. The van der Waals surface area contributed by atoms with E-state index in [0.717, 1.165) is 16.9 Å². The van der Waals surface area contributed by atoms with Crippen molar-refractivity contribution in [1.82, 2.24) is 8.73 Å². The Morgan fingerprint density at radius 1 is 0.780 bits per heavy atom. The molecule has 4 aromatic rings. The maximum atomic E-state index is 11.2. The van der Waals surface area contributed by atoms with Crippen LogP contribution in [0.2, 0.25) is 0 Å². The van der Waals surface area contributed by atoms with Crippen LogP contribution in [0.25, 0.3) is 0 Å². The first-order chi connectivity index (χ1) is 19.8. The zero-order valence-corrected chi connectivity index (χ0v) is 25.0. The molecule has 6 rings (SSSR count). The van der Waals surface area contributed by atoms with Crippen molar-refractivity contribution in [3.63, 3.8) is 0 Å². The van der Waals surface area contributed by atoms with Gasteiger partial charge in [0.2, 0.25) is 0 Å². The van der Waals surface area contributed by atoms with Gasteiger partial charge in [0.15, 0.2) is 0 Å². The Morgan fingerprint density at radius 3 is 1.95 bits per heavy atom. The molecule has 6 heteroatoms. The summed E-state index contributed by atoms with van der Waals surface area (Å²) < 4.78 is 13.0. The number of rotatable bonds is 5. The van der Waals surface area contributed by atoms with E-state index in [-0.39, 0.29) is 11.2 Å². The van der Waals surface area contributed by atoms with Crippen LogP contribution in [0.3, 0.4) is 0 Å². The summed E-state index contributed by atoms with van der Waals surface area (Å²) in [6, 6.07) is 32.0. The number of nitrogens with one attached hydrogen (secondary N) is 2. The molecule has 0 radical (unpaired) electrons. The van der Waals surface area contributed by atoms with Crippen molar-refractivity contribution in [2.24, 2.45) is 0 Å². The van der Waals surface area contributed by atoms with Gasteiger partial charge in [0.05, 0.1) is 0 Å². The molecule has 2 fully saturated rings. The molecule has 1 saturated carbocycles. The zero-order chi connectivity index (χ0) is 28.8. The Hall–Kier alpha value is -3.42. The molecule has 4 N–H and O–H groups in total. The van der Waals surface area contributed by atoms with Crippen molar-refractivity contribution in [3.05, 3.63) is 119 Å². The van der Waals surface area contributed by atoms with Crippen LogP contribution in [0.5, 0.6) is 23.0 Å². The van der Waals surface area contributed by atoms with E-state index in [1.165, 1.54) is 36.8 Å². The van der Waals surface area contributed by atoms with Gasteiger partial charge in [0.25, 0.3) is 0 Å². The first-order valence-electron chi connectivity index (χ1n) is 14.2. The maximum absolute atomic E-state index is 11.2. The van der Waals surface area contributed by atoms with Gasteiger partial charge < -0.3 is 9.84 Å². The number of benzene rings is 4. The molecular formula is C35H40CoN2O3. The van der Waals surface area contributed by atoms with Crippen molar-refractivity contribution in [2.75, 3.05) is 0 Å². The normalized spacial score (nSPS) is 19.0. The molecular weight excluding hydrogens is 555 g/mol. The molecule has 217 valence electrons. The monoisotopic (exact) mass is 595 g/mol. The molecule has 0 aromatic heterocycles. The second kappa shape index (κ2) is 13.0. The summed E-state index contributed by atoms with van der Waals surface area (Å²) in [5, 5.41) is 20.2. The predicted molar refractivity (Wildman–Crippen MR) is 164 cm³/mol. The van der Waals surface area contributed by atoms with Crippen LogP contribution in [0.4, 0.5) is 0 Å². The van der Waals surface area contributed by atoms with Crippen molar-refractivity contribution in [3.8, 4) is 23.0 Å². The molecule has 1 aliphatic carbocycles. The van der Waals surface area contributed by atoms with E-state index >= 15 is 0 Å². The van der Waals surface area contributed by atoms with E-state index in [1.54, 1.807) is 24.3 Å². The first-order valence-corrected chi connectivity index (χ1v) is 15.8. The van der Waals surface area contributed by atoms with Crippen LogP contribution in [0, 0.1) is 6.92 Å². The van der Waals surface area contributed by atoms with Crippen LogP contribution < -0.4 is 13.5 Å². The third-order valence-electron chi connectivity index (χ3n) is 7.69. The van der Waals surface area contributed by atoms with E-state index in [9.17, 15) is 5.11 Å². The van der Waals surface area contributed by atoms with E-state index in [2.05, 4.69) is 70.9 Å². The molecule has 2 atom stereocenters. The SMILES string of the molecule is Cc1cc([CH]=[Co]2[NH]C3CCCCC3[NH]2)c(O)c(C(C)(C)c2ccccc2)c1.Oc1ccc(Oc2ccccc2)cc1. The summed E-state index contributed by atoms with van der Waals surface area (Å²) in [6.45, 7) is 6.49. The van der Waals surface area contributed by atoms with E-state index < -0.39 is 13.7 Å². The first kappa shape index (κ1) is 29.1. The molecule has 2 aliphatic rings. The summed E-state index contributed by atoms with van der Waals surface area (Å²) >= 11 is -0.562. The van der Waals surface area contributed by atoms with E-state index in [1.807, 2.05) is 36.4 Å². The summed E-state index contributed by atoms with van der Waals surface area (Å²) in [5.41, 5.74) is 4.08. The Morgan fingerprint density at radius 2 is 1.34 bits per heavy atom. The van der Waals surface area contributed by atoms with Gasteiger partial charge >= 0.3 is 167 Å². The Kier molecular flexibility index (Phi) is 9.25. The molecule has 0 spiro atoms. The third-order valence-corrected chi connectivity index (χ3v) is 9.73. The van der Waals surface area contributed by atoms with E-state index in [4.69, 9.17) is 9.84 Å². The third kappa shape index (κ3) is 7.27. The van der Waals surface area contributed by atoms with Gasteiger partial charge in [0.1, 0.15) is 17.2 Å². The van der Waals surface area contributed by atoms with Crippen LogP contribution in [0.1, 0.15) is 61.8 Å². The molecule has 0 bridgehead atoms. The Bertz CT molecular complexity index is 1460. The number of hydrogen-bond acceptors (Lipinski definition) is 5. The largest absolute Gasteiger partial charge is 0.508 e. The fraction of sp³-hybridized carbons (Fsp3) is 0.286. The van der Waals surface area contributed by atoms with Gasteiger partial charge in [-0.05, 0) is 36.4 Å². The van der Waals surface area contributed by atoms with Crippen molar-refractivity contribution < 1.29 is 28.6 Å². The van der Waals surface area contributed by atoms with Crippen LogP contribution >= 0.6 is 0 Å². The number of para-hydroxylation sites is 1. The quantitative estimate of drug-likeness (QED) is 0.195. The predicted octanol–water partition coefficient (Wildman–Crippen LogP) is 7.31. The summed E-state index contributed by atoms with van der Waals surface area (Å²) in [5.74, 6) is 2.16. The second-order valence-electron chi connectivity index (χ2n) is 11.2. The molecule has 1 aliphatic heterocycles. The van der Waals surface area contributed by atoms with Gasteiger partial charge in [0, 0.05) is 0 Å². The molecule has 4 aromatic carbocycles. The number of aromatic hydroxyl groups is 2. The van der Waals surface area contributed by atoms with Gasteiger partial charge in [-0.2, -0.15) is 0 Å². The minimum atomic E-state index is -0.562. The number of phenols is 2. The molecule has 2 unspecified atom stereocenters. The van der Waals surface area contributed by atoms with Crippen molar-refractivity contribution in [2.45, 2.75) is 64.0 Å². The second-order valence-corrected chi connectivity index (χ2v) is 13.0. The number of phenolic OH excluding ortho intramolecular Hbond substituents is 2. The van der Waals surface area contributed by atoms with Gasteiger partial charge in [-0.15, -0.1) is 0 Å². The Balaban J connectivity index is 0.000000202. The number of hydrogen-bond donors (Lipinski definition) is 4. The molecule has 5 nitrogen and oxygen atoms in total. The number of aryl methyl sites for hydroxylation is 1. The summed E-state index contributed by atoms with van der Waals surface area (Å²) in [6.07, 6.45) is 5.17. The minimum absolute atomic E-state index is 0.241. The van der Waals surface area contributed by atoms with Crippen LogP contribution in [0.15, 0.2) is 97.1 Å². The number of fused-ring (bicyclic) bond motifs is 1. The average molecular weight is 596 g/mol. The fourth-order valence-corrected chi connectivity index (χ4v) is 7.68. The topological polar surface area (TPSA) is 73.8 Å². The zero-order valence-electron chi connectivity index (χ0n) is 23.9. The molecule has 1 heterocycles. The standard InChI is InChI=1S/C17H18O.C12H10O2.C6H12N2.Co/c1-12-10-13(2)16(18)15(11-12)17(3,4)14-8-6-5-7-9-14;13-10-6-8-12(9-7-10)14-11-4-2-1-3-5-11;7-5-3-1-2-4-6(5)8;/h2,5-11,18H,1,3-4H3;1-9,13H;5-8H,1-4H2;/q;;-2;+2. The average Bonchev–Trinajstić information content (AvgIpc) is 3.40. The van der Waals surface area contributed by atoms with Crippen LogP contribution in [-0.2, 0) is 19.1 Å². The Labute approximate surface area is 247 Å². The van der Waals surface area contributed by atoms with Crippen molar-refractivity contribution in [1.29, 1.82) is 0 Å². The summed E-state index contributed by atoms with van der Waals surface area (Å²) in [4.78, 5) is 2.22. The fourth-order valence-electron chi connectivity index (χ4n) is 5.32. The molecule has 1 saturated heterocycles. The van der Waals surface area contributed by atoms with Crippen molar-refractivity contribution >= 4 is 4.96 Å². The van der Waals surface area contributed by atoms with Crippen LogP contribution in [-0.4, -0.2) is 27.3 Å². The smallest absolute Gasteiger partial charge is 0.127 e. The summed E-state index contributed by atoms with van der Waals surface area (Å²) in [7, 11) is 0. The molecule has 41 heavy (non-hydrogen) atoms. The van der Waals surface area contributed by atoms with Gasteiger partial charge in [-0.1, -0.05) is 18.2 Å². The van der Waals surface area contributed by atoms with E-state index in [0.29, 0.717) is 23.6 Å². The van der Waals surface area contributed by atoms with Gasteiger partial charge in [-0.25, -0.2) is 0 Å². The minimum Gasteiger partial charge on any atom is -0.508 e. The molecule has 0 amide bonds. The number of ether oxygens (including phenoxy) is 1. The van der Waals surface area contributed by atoms with Gasteiger partial charge in [-0.3, -0.25) is 0 Å².